The summed E-state index contributed by atoms with van der Waals surface area (Å²) < 4.78 is 13.1. The summed E-state index contributed by atoms with van der Waals surface area (Å²) in [4.78, 5) is 28.4. The summed E-state index contributed by atoms with van der Waals surface area (Å²) >= 11 is 0. The molecule has 154 valence electrons. The van der Waals surface area contributed by atoms with E-state index in [9.17, 15) is 9.18 Å². The van der Waals surface area contributed by atoms with Gasteiger partial charge < -0.3 is 14.7 Å². The zero-order valence-electron chi connectivity index (χ0n) is 17.1. The first kappa shape index (κ1) is 19.6. The van der Waals surface area contributed by atoms with Crippen molar-refractivity contribution in [1.82, 2.24) is 14.9 Å². The minimum absolute atomic E-state index is 0.0411. The third-order valence-corrected chi connectivity index (χ3v) is 5.78. The van der Waals surface area contributed by atoms with Gasteiger partial charge in [-0.05, 0) is 49.9 Å². The number of rotatable bonds is 3. The van der Waals surface area contributed by atoms with Crippen LogP contribution in [0.3, 0.4) is 0 Å². The third-order valence-electron chi connectivity index (χ3n) is 5.78. The predicted octanol–water partition coefficient (Wildman–Crippen LogP) is 3.12. The van der Waals surface area contributed by atoms with Crippen molar-refractivity contribution in [1.29, 1.82) is 0 Å². The minimum Gasteiger partial charge on any atom is -0.368 e. The molecule has 2 aromatic rings. The van der Waals surface area contributed by atoms with Crippen LogP contribution in [0, 0.1) is 18.7 Å². The number of nitrogens with zero attached hydrogens (tertiary/aromatic N) is 5. The Kier molecular flexibility index (Phi) is 5.65. The van der Waals surface area contributed by atoms with Crippen molar-refractivity contribution in [2.24, 2.45) is 5.92 Å². The molecule has 6 nitrogen and oxygen atoms in total. The van der Waals surface area contributed by atoms with Crippen molar-refractivity contribution >= 4 is 17.4 Å². The van der Waals surface area contributed by atoms with Gasteiger partial charge in [-0.2, -0.15) is 0 Å². The zero-order valence-corrected chi connectivity index (χ0v) is 17.1. The van der Waals surface area contributed by atoms with Gasteiger partial charge in [0.25, 0.3) is 5.91 Å². The normalized spacial score (nSPS) is 20.1. The van der Waals surface area contributed by atoms with E-state index in [1.165, 1.54) is 18.6 Å². The summed E-state index contributed by atoms with van der Waals surface area (Å²) in [5, 5.41) is 0. The first-order chi connectivity index (χ1) is 14.0. The molecule has 2 saturated heterocycles. The number of carbonyl (C=O) groups excluding carboxylic acids is 1. The summed E-state index contributed by atoms with van der Waals surface area (Å²) in [5.41, 5.74) is 1.46. The minimum atomic E-state index is -0.236. The molecule has 1 atom stereocenters. The van der Waals surface area contributed by atoms with Gasteiger partial charge in [-0.15, -0.1) is 0 Å². The molecule has 7 heteroatoms. The second-order valence-electron chi connectivity index (χ2n) is 8.11. The van der Waals surface area contributed by atoms with E-state index in [1.54, 1.807) is 12.1 Å². The van der Waals surface area contributed by atoms with Gasteiger partial charge in [-0.3, -0.25) is 4.79 Å². The Morgan fingerprint density at radius 3 is 2.45 bits per heavy atom. The molecule has 0 N–H and O–H groups in total. The van der Waals surface area contributed by atoms with Gasteiger partial charge in [0.05, 0.1) is 0 Å². The van der Waals surface area contributed by atoms with Crippen LogP contribution in [-0.4, -0.2) is 60.0 Å². The molecule has 4 rings (SSSR count). The number of anilines is 2. The summed E-state index contributed by atoms with van der Waals surface area (Å²) in [6.07, 6.45) is 2.39. The maximum absolute atomic E-state index is 13.1. The van der Waals surface area contributed by atoms with Crippen LogP contribution in [0.25, 0.3) is 0 Å². The molecule has 0 bridgehead atoms. The van der Waals surface area contributed by atoms with Crippen molar-refractivity contribution in [3.63, 3.8) is 0 Å². The Labute approximate surface area is 171 Å². The van der Waals surface area contributed by atoms with Gasteiger partial charge in [0.15, 0.2) is 0 Å². The van der Waals surface area contributed by atoms with E-state index in [2.05, 4.69) is 26.7 Å². The van der Waals surface area contributed by atoms with Gasteiger partial charge in [0, 0.05) is 51.0 Å². The molecule has 2 fully saturated rings. The molecule has 0 spiro atoms. The highest BCUT2D eigenvalue weighted by atomic mass is 19.1. The first-order valence-electron chi connectivity index (χ1n) is 10.4. The molecule has 3 heterocycles. The molecule has 1 unspecified atom stereocenters. The van der Waals surface area contributed by atoms with E-state index in [0.717, 1.165) is 44.1 Å². The fourth-order valence-corrected chi connectivity index (χ4v) is 4.20. The molecule has 1 amide bonds. The summed E-state index contributed by atoms with van der Waals surface area (Å²) in [6, 6.07) is 8.36. The molecular formula is C22H28FN5O. The highest BCUT2D eigenvalue weighted by Crippen LogP contribution is 2.23. The average molecular weight is 397 g/mol. The van der Waals surface area contributed by atoms with Crippen molar-refractivity contribution < 1.29 is 9.18 Å². The van der Waals surface area contributed by atoms with E-state index in [-0.39, 0.29) is 11.7 Å². The number of aromatic nitrogens is 2. The van der Waals surface area contributed by atoms with Crippen LogP contribution in [0.2, 0.25) is 0 Å². The van der Waals surface area contributed by atoms with E-state index in [0.29, 0.717) is 30.5 Å². The maximum Gasteiger partial charge on any atom is 0.272 e. The van der Waals surface area contributed by atoms with Crippen molar-refractivity contribution in [3.05, 3.63) is 47.7 Å². The SMILES string of the molecule is Cc1nc(C(=O)N2CCN(c3ccc(F)cc3)CC2)cc(N2CCCC(C)C2)n1. The second-order valence-corrected chi connectivity index (χ2v) is 8.11. The Morgan fingerprint density at radius 2 is 1.76 bits per heavy atom. The first-order valence-corrected chi connectivity index (χ1v) is 10.4. The summed E-state index contributed by atoms with van der Waals surface area (Å²) in [5.74, 6) is 1.85. The number of aryl methyl sites for hydroxylation is 1. The topological polar surface area (TPSA) is 52.6 Å². The lowest BCUT2D eigenvalue weighted by molar-refractivity contribution is 0.0740. The predicted molar refractivity (Wildman–Crippen MR) is 112 cm³/mol. The molecule has 1 aromatic heterocycles. The smallest absolute Gasteiger partial charge is 0.272 e. The van der Waals surface area contributed by atoms with Gasteiger partial charge in [-0.1, -0.05) is 6.92 Å². The van der Waals surface area contributed by atoms with E-state index >= 15 is 0 Å². The number of benzene rings is 1. The quantitative estimate of drug-likeness (QED) is 0.797. The van der Waals surface area contributed by atoms with Crippen LogP contribution < -0.4 is 9.80 Å². The molecule has 2 aliphatic rings. The molecule has 29 heavy (non-hydrogen) atoms. The van der Waals surface area contributed by atoms with Crippen LogP contribution in [0.15, 0.2) is 30.3 Å². The molecular weight excluding hydrogens is 369 g/mol. The van der Waals surface area contributed by atoms with Gasteiger partial charge in [0.2, 0.25) is 0 Å². The van der Waals surface area contributed by atoms with E-state index in [4.69, 9.17) is 0 Å². The Bertz CT molecular complexity index is 864. The highest BCUT2D eigenvalue weighted by molar-refractivity contribution is 5.93. The molecule has 0 aliphatic carbocycles. The molecule has 0 radical (unpaired) electrons. The fraction of sp³-hybridized carbons (Fsp3) is 0.500. The number of piperidine rings is 1. The number of amides is 1. The number of hydrogen-bond donors (Lipinski definition) is 0. The average Bonchev–Trinajstić information content (AvgIpc) is 2.73. The Morgan fingerprint density at radius 1 is 1.03 bits per heavy atom. The van der Waals surface area contributed by atoms with Crippen LogP contribution >= 0.6 is 0 Å². The van der Waals surface area contributed by atoms with Crippen molar-refractivity contribution in [2.45, 2.75) is 26.7 Å². The fourth-order valence-electron chi connectivity index (χ4n) is 4.20. The summed E-state index contributed by atoms with van der Waals surface area (Å²) in [6.45, 7) is 8.73. The van der Waals surface area contributed by atoms with Gasteiger partial charge >= 0.3 is 0 Å². The summed E-state index contributed by atoms with van der Waals surface area (Å²) in [7, 11) is 0. The second kappa shape index (κ2) is 8.35. The van der Waals surface area contributed by atoms with E-state index < -0.39 is 0 Å². The number of halogens is 1. The Hall–Kier alpha value is -2.70. The van der Waals surface area contributed by atoms with Crippen LogP contribution in [-0.2, 0) is 0 Å². The Balaban J connectivity index is 1.44. The van der Waals surface area contributed by atoms with Crippen LogP contribution in [0.5, 0.6) is 0 Å². The van der Waals surface area contributed by atoms with Crippen molar-refractivity contribution in [3.8, 4) is 0 Å². The largest absolute Gasteiger partial charge is 0.368 e. The maximum atomic E-state index is 13.1. The molecule has 2 aliphatic heterocycles. The molecule has 1 aromatic carbocycles. The third kappa shape index (κ3) is 4.49. The van der Waals surface area contributed by atoms with Crippen molar-refractivity contribution in [2.75, 3.05) is 49.1 Å². The number of hydrogen-bond acceptors (Lipinski definition) is 5. The van der Waals surface area contributed by atoms with E-state index in [1.807, 2.05) is 17.9 Å². The van der Waals surface area contributed by atoms with Gasteiger partial charge in [0.1, 0.15) is 23.2 Å². The number of carbonyl (C=O) groups is 1. The van der Waals surface area contributed by atoms with Crippen LogP contribution in [0.1, 0.15) is 36.1 Å². The lowest BCUT2D eigenvalue weighted by Gasteiger charge is -2.36. The van der Waals surface area contributed by atoms with Crippen LogP contribution in [0.4, 0.5) is 15.9 Å². The monoisotopic (exact) mass is 397 g/mol. The standard InChI is InChI=1S/C22H28FN5O/c1-16-4-3-9-28(15-16)21-14-20(24-17(2)25-21)22(29)27-12-10-26(11-13-27)19-7-5-18(23)6-8-19/h5-8,14,16H,3-4,9-13,15H2,1-2H3. The number of piperazine rings is 1. The molecule has 0 saturated carbocycles. The zero-order chi connectivity index (χ0) is 20.4. The highest BCUT2D eigenvalue weighted by Gasteiger charge is 2.25. The lowest BCUT2D eigenvalue weighted by atomic mass is 10.0. The lowest BCUT2D eigenvalue weighted by Crippen LogP contribution is -2.49. The van der Waals surface area contributed by atoms with Gasteiger partial charge in [-0.25, -0.2) is 14.4 Å².